The van der Waals surface area contributed by atoms with Gasteiger partial charge in [-0.1, -0.05) is 0 Å². The highest BCUT2D eigenvalue weighted by Crippen LogP contribution is 2.27. The third kappa shape index (κ3) is 3.92. The summed E-state index contributed by atoms with van der Waals surface area (Å²) in [4.78, 5) is 35.8. The fourth-order valence-corrected chi connectivity index (χ4v) is 2.19. The molecule has 0 bridgehead atoms. The van der Waals surface area contributed by atoms with Gasteiger partial charge in [0.25, 0.3) is 0 Å². The Hall–Kier alpha value is -1.63. The molecule has 2 amide bonds. The molecule has 2 fully saturated rings. The van der Waals surface area contributed by atoms with Crippen LogP contribution in [0, 0.1) is 5.92 Å². The van der Waals surface area contributed by atoms with Gasteiger partial charge in [-0.2, -0.15) is 0 Å². The Morgan fingerprint density at radius 1 is 1.42 bits per heavy atom. The largest absolute Gasteiger partial charge is 0.481 e. The molecule has 1 heterocycles. The smallest absolute Gasteiger partial charge is 0.305 e. The zero-order valence-corrected chi connectivity index (χ0v) is 10.7. The van der Waals surface area contributed by atoms with E-state index in [0.29, 0.717) is 19.0 Å². The van der Waals surface area contributed by atoms with Crippen molar-refractivity contribution in [3.8, 4) is 0 Å². The summed E-state index contributed by atoms with van der Waals surface area (Å²) in [6.07, 6.45) is 2.06. The minimum atomic E-state index is -1.08. The number of piperazine rings is 1. The van der Waals surface area contributed by atoms with E-state index in [-0.39, 0.29) is 24.8 Å². The summed E-state index contributed by atoms with van der Waals surface area (Å²) in [5.74, 6) is -0.996. The molecule has 2 rings (SSSR count). The van der Waals surface area contributed by atoms with Gasteiger partial charge < -0.3 is 20.6 Å². The number of hydrogen-bond donors (Lipinski definition) is 3. The Balaban J connectivity index is 1.87. The lowest BCUT2D eigenvalue weighted by Crippen LogP contribution is -2.59. The number of hydrogen-bond acceptors (Lipinski definition) is 4. The maximum absolute atomic E-state index is 12.0. The molecule has 0 radical (unpaired) electrons. The van der Waals surface area contributed by atoms with Gasteiger partial charge in [-0.15, -0.1) is 0 Å². The van der Waals surface area contributed by atoms with E-state index in [1.165, 1.54) is 17.7 Å². The third-order valence-electron chi connectivity index (χ3n) is 3.43. The molecule has 19 heavy (non-hydrogen) atoms. The van der Waals surface area contributed by atoms with Gasteiger partial charge in [-0.3, -0.25) is 14.4 Å². The predicted octanol–water partition coefficient (Wildman–Crippen LogP) is -1.21. The number of carboxylic acids is 1. The van der Waals surface area contributed by atoms with Crippen molar-refractivity contribution >= 4 is 17.8 Å². The Labute approximate surface area is 111 Å². The molecule has 0 aromatic carbocycles. The van der Waals surface area contributed by atoms with Gasteiger partial charge in [0.2, 0.25) is 11.8 Å². The van der Waals surface area contributed by atoms with E-state index in [9.17, 15) is 14.4 Å². The van der Waals surface area contributed by atoms with E-state index >= 15 is 0 Å². The number of carbonyl (C=O) groups is 3. The van der Waals surface area contributed by atoms with Crippen molar-refractivity contribution in [1.29, 1.82) is 0 Å². The molecule has 0 aromatic heterocycles. The molecular formula is C12H19N3O4. The second kappa shape index (κ2) is 6.01. The Morgan fingerprint density at radius 2 is 2.16 bits per heavy atom. The van der Waals surface area contributed by atoms with Gasteiger partial charge in [0, 0.05) is 13.1 Å². The van der Waals surface area contributed by atoms with E-state index in [1.54, 1.807) is 0 Å². The lowest BCUT2D eigenvalue weighted by Gasteiger charge is -2.34. The number of nitrogens with zero attached hydrogens (tertiary/aromatic N) is 1. The first-order chi connectivity index (χ1) is 9.08. The first-order valence-corrected chi connectivity index (χ1v) is 6.57. The second-order valence-electron chi connectivity index (χ2n) is 5.07. The van der Waals surface area contributed by atoms with E-state index in [1.807, 2.05) is 0 Å². The van der Waals surface area contributed by atoms with Crippen molar-refractivity contribution in [1.82, 2.24) is 15.5 Å². The van der Waals surface area contributed by atoms with Crippen molar-refractivity contribution in [3.63, 3.8) is 0 Å². The molecule has 1 atom stereocenters. The summed E-state index contributed by atoms with van der Waals surface area (Å²) in [5.41, 5.74) is 0. The minimum absolute atomic E-state index is 0.167. The van der Waals surface area contributed by atoms with Gasteiger partial charge >= 0.3 is 5.97 Å². The van der Waals surface area contributed by atoms with Gasteiger partial charge in [-0.25, -0.2) is 0 Å². The van der Waals surface area contributed by atoms with Crippen LogP contribution in [0.1, 0.15) is 19.3 Å². The third-order valence-corrected chi connectivity index (χ3v) is 3.43. The van der Waals surface area contributed by atoms with Gasteiger partial charge in [0.05, 0.1) is 13.0 Å². The number of carboxylic acid groups (broad SMARTS) is 1. The van der Waals surface area contributed by atoms with Crippen LogP contribution in [0.3, 0.4) is 0 Å². The summed E-state index contributed by atoms with van der Waals surface area (Å²) in [7, 11) is 0. The second-order valence-corrected chi connectivity index (χ2v) is 5.07. The molecule has 0 aromatic rings. The minimum Gasteiger partial charge on any atom is -0.481 e. The fourth-order valence-electron chi connectivity index (χ4n) is 2.19. The number of carbonyl (C=O) groups excluding carboxylic acids is 2. The van der Waals surface area contributed by atoms with Crippen molar-refractivity contribution in [2.75, 3.05) is 26.2 Å². The molecule has 1 aliphatic carbocycles. The zero-order chi connectivity index (χ0) is 13.8. The normalized spacial score (nSPS) is 23.1. The molecule has 1 saturated carbocycles. The van der Waals surface area contributed by atoms with Crippen LogP contribution in [0.2, 0.25) is 0 Å². The number of amides is 2. The van der Waals surface area contributed by atoms with E-state index in [4.69, 9.17) is 5.11 Å². The van der Waals surface area contributed by atoms with Crippen LogP contribution in [-0.4, -0.2) is 60.0 Å². The van der Waals surface area contributed by atoms with Crippen LogP contribution in [-0.2, 0) is 14.4 Å². The van der Waals surface area contributed by atoms with Crippen LogP contribution in [0.15, 0.2) is 0 Å². The van der Waals surface area contributed by atoms with Crippen LogP contribution >= 0.6 is 0 Å². The fraction of sp³-hybridized carbons (Fsp3) is 0.750. The quantitative estimate of drug-likeness (QED) is 0.562. The first kappa shape index (κ1) is 13.8. The topological polar surface area (TPSA) is 98.7 Å². The molecule has 7 nitrogen and oxygen atoms in total. The average molecular weight is 269 g/mol. The monoisotopic (exact) mass is 269 g/mol. The van der Waals surface area contributed by atoms with Crippen LogP contribution in [0.5, 0.6) is 0 Å². The van der Waals surface area contributed by atoms with Crippen LogP contribution in [0.4, 0.5) is 0 Å². The maximum Gasteiger partial charge on any atom is 0.305 e. The summed E-state index contributed by atoms with van der Waals surface area (Å²) in [5, 5.41) is 14.5. The maximum atomic E-state index is 12.0. The zero-order valence-electron chi connectivity index (χ0n) is 10.7. The molecule has 1 aliphatic heterocycles. The van der Waals surface area contributed by atoms with E-state index < -0.39 is 12.0 Å². The van der Waals surface area contributed by atoms with Crippen molar-refractivity contribution < 1.29 is 19.5 Å². The molecule has 1 unspecified atom stereocenters. The van der Waals surface area contributed by atoms with E-state index in [0.717, 1.165) is 6.54 Å². The Bertz CT molecular complexity index is 381. The highest BCUT2D eigenvalue weighted by atomic mass is 16.4. The summed E-state index contributed by atoms with van der Waals surface area (Å²) < 4.78 is 0. The summed E-state index contributed by atoms with van der Waals surface area (Å²) >= 11 is 0. The highest BCUT2D eigenvalue weighted by Gasteiger charge is 2.34. The lowest BCUT2D eigenvalue weighted by atomic mass is 10.1. The van der Waals surface area contributed by atoms with Crippen molar-refractivity contribution in [2.45, 2.75) is 25.3 Å². The molecule has 7 heteroatoms. The molecule has 1 saturated heterocycles. The number of nitrogens with one attached hydrogen (secondary N) is 2. The Morgan fingerprint density at radius 3 is 2.79 bits per heavy atom. The van der Waals surface area contributed by atoms with Crippen LogP contribution in [0.25, 0.3) is 0 Å². The standard InChI is InChI=1S/C12H19N3O4/c16-10(7-13-6-8-1-2-8)15-4-3-14-12(19)9(15)5-11(17)18/h8-9,13H,1-7H2,(H,14,19)(H,17,18). The first-order valence-electron chi connectivity index (χ1n) is 6.57. The SMILES string of the molecule is O=C(O)CC1C(=O)NCCN1C(=O)CNCC1CC1. The van der Waals surface area contributed by atoms with Gasteiger partial charge in [-0.05, 0) is 25.3 Å². The van der Waals surface area contributed by atoms with Crippen LogP contribution < -0.4 is 10.6 Å². The summed E-state index contributed by atoms with van der Waals surface area (Å²) in [6, 6.07) is -0.888. The predicted molar refractivity (Wildman–Crippen MR) is 66.4 cm³/mol. The molecule has 3 N–H and O–H groups in total. The average Bonchev–Trinajstić information content (AvgIpc) is 3.15. The van der Waals surface area contributed by atoms with Gasteiger partial charge in [0.15, 0.2) is 0 Å². The van der Waals surface area contributed by atoms with E-state index in [2.05, 4.69) is 10.6 Å². The summed E-state index contributed by atoms with van der Waals surface area (Å²) in [6.45, 7) is 1.73. The highest BCUT2D eigenvalue weighted by molar-refractivity contribution is 5.92. The lowest BCUT2D eigenvalue weighted by molar-refractivity contribution is -0.148. The molecule has 2 aliphatic rings. The Kier molecular flexibility index (Phi) is 4.36. The van der Waals surface area contributed by atoms with Crippen molar-refractivity contribution in [3.05, 3.63) is 0 Å². The van der Waals surface area contributed by atoms with Gasteiger partial charge in [0.1, 0.15) is 6.04 Å². The number of aliphatic carboxylic acids is 1. The number of rotatable bonds is 6. The molecular weight excluding hydrogens is 250 g/mol. The van der Waals surface area contributed by atoms with Crippen molar-refractivity contribution in [2.24, 2.45) is 5.92 Å². The molecule has 106 valence electrons. The molecule has 0 spiro atoms.